The van der Waals surface area contributed by atoms with Crippen LogP contribution in [0.15, 0.2) is 273 Å². The monoisotopic (exact) mass is 916 g/mol. The van der Waals surface area contributed by atoms with Crippen molar-refractivity contribution in [1.29, 1.82) is 0 Å². The van der Waals surface area contributed by atoms with Crippen LogP contribution in [-0.2, 0) is 24.1 Å². The summed E-state index contributed by atoms with van der Waals surface area (Å²) in [6, 6.07) is 97.0. The van der Waals surface area contributed by atoms with Crippen LogP contribution in [0.3, 0.4) is 0 Å². The molecule has 0 aliphatic rings. The van der Waals surface area contributed by atoms with E-state index in [-0.39, 0.29) is 19.5 Å². The van der Waals surface area contributed by atoms with E-state index in [4.69, 9.17) is 4.65 Å². The molecule has 0 fully saturated rings. The molecule has 0 bridgehead atoms. The average Bonchev–Trinajstić information content (AvgIpc) is 3.34. The van der Waals surface area contributed by atoms with E-state index in [1.54, 1.807) is 0 Å². The molecule has 60 heavy (non-hydrogen) atoms. The van der Waals surface area contributed by atoms with Gasteiger partial charge in [0.2, 0.25) is 0 Å². The van der Waals surface area contributed by atoms with E-state index >= 15 is 0 Å². The van der Waals surface area contributed by atoms with Gasteiger partial charge in [0.1, 0.15) is 0 Å². The fourth-order valence-electron chi connectivity index (χ4n) is 6.54. The number of rotatable bonds is 9. The van der Waals surface area contributed by atoms with Crippen molar-refractivity contribution in [2.24, 2.45) is 0 Å². The Morgan fingerprint density at radius 3 is 0.350 bits per heavy atom. The van der Waals surface area contributed by atoms with Crippen molar-refractivity contribution in [2.45, 2.75) is 0 Å². The van der Waals surface area contributed by atoms with Gasteiger partial charge in [-0.2, -0.15) is 0 Å². The van der Waals surface area contributed by atoms with Crippen molar-refractivity contribution in [3.63, 3.8) is 0 Å². The molecular formula is C55H45OP3Ru. The molecule has 9 aromatic rings. The fraction of sp³-hybridized carbons (Fsp3) is 0. The Hall–Kier alpha value is -5.37. The summed E-state index contributed by atoms with van der Waals surface area (Å²) in [5.74, 6) is 0. The number of hydrogen-bond donors (Lipinski definition) is 0. The molecule has 0 atom stereocenters. The van der Waals surface area contributed by atoms with E-state index in [2.05, 4.69) is 280 Å². The second-order valence-electron chi connectivity index (χ2n) is 13.0. The van der Waals surface area contributed by atoms with E-state index in [0.717, 1.165) is 0 Å². The molecule has 5 heteroatoms. The number of hydrogen-bond acceptors (Lipinski definition) is 0. The van der Waals surface area contributed by atoms with Gasteiger partial charge < -0.3 is 0 Å². The Morgan fingerprint density at radius 1 is 0.183 bits per heavy atom. The maximum atomic E-state index is 7.50. The minimum absolute atomic E-state index is 0. The largest absolute Gasteiger partial charge is 0.0622 e. The second-order valence-corrected chi connectivity index (χ2v) is 19.7. The molecule has 1 nitrogen and oxygen atoms in total. The van der Waals surface area contributed by atoms with Gasteiger partial charge in [-0.25, -0.2) is 0 Å². The van der Waals surface area contributed by atoms with Gasteiger partial charge in [-0.3, -0.25) is 0 Å². The molecule has 0 aliphatic heterocycles. The van der Waals surface area contributed by atoms with Crippen molar-refractivity contribution in [2.75, 3.05) is 0 Å². The second kappa shape index (κ2) is 26.0. The third-order valence-electron chi connectivity index (χ3n) is 9.13. The molecule has 0 amide bonds. The zero-order valence-electron chi connectivity index (χ0n) is 33.1. The van der Waals surface area contributed by atoms with Crippen LogP contribution in [0, 0.1) is 6.65 Å². The van der Waals surface area contributed by atoms with Crippen molar-refractivity contribution < 1.29 is 24.1 Å². The molecule has 0 radical (unpaired) electrons. The van der Waals surface area contributed by atoms with Crippen LogP contribution >= 0.6 is 23.8 Å². The van der Waals surface area contributed by atoms with Gasteiger partial charge in [0, 0.05) is 19.5 Å². The SMILES string of the molecule is [C-]#[O+].[Ru].c1ccc(P(c2ccccc2)c2ccccc2)cc1.c1ccc(P(c2ccccc2)c2ccccc2)cc1.c1ccc(P(c2ccccc2)c2ccccc2)cc1. The van der Waals surface area contributed by atoms with Gasteiger partial charge in [0.15, 0.2) is 0 Å². The van der Waals surface area contributed by atoms with Crippen LogP contribution < -0.4 is 47.7 Å². The minimum atomic E-state index is -0.446. The van der Waals surface area contributed by atoms with Gasteiger partial charge >= 0.3 is 11.3 Å². The zero-order valence-corrected chi connectivity index (χ0v) is 37.5. The van der Waals surface area contributed by atoms with Gasteiger partial charge in [-0.15, -0.1) is 0 Å². The Balaban J connectivity index is 0.000000166. The van der Waals surface area contributed by atoms with Gasteiger partial charge in [-0.05, 0) is 71.5 Å². The summed E-state index contributed by atoms with van der Waals surface area (Å²) < 4.78 is 7.50. The van der Waals surface area contributed by atoms with E-state index in [0.29, 0.717) is 0 Å². The van der Waals surface area contributed by atoms with Crippen molar-refractivity contribution >= 4 is 71.5 Å². The number of benzene rings is 9. The standard InChI is InChI=1S/3C18H15P.CO.Ru/c3*1-4-10-16(11-5-1)19(17-12-6-2-7-13-17)18-14-8-3-9-15-18;1-2;/h3*1-15H;;. The van der Waals surface area contributed by atoms with Gasteiger partial charge in [0.25, 0.3) is 0 Å². The van der Waals surface area contributed by atoms with E-state index in [1.165, 1.54) is 47.7 Å². The summed E-state index contributed by atoms with van der Waals surface area (Å²) in [5.41, 5.74) is 0. The van der Waals surface area contributed by atoms with E-state index in [1.807, 2.05) is 0 Å². The Labute approximate surface area is 373 Å². The van der Waals surface area contributed by atoms with E-state index in [9.17, 15) is 0 Å². The maximum Gasteiger partial charge on any atom is 0 e. The van der Waals surface area contributed by atoms with Crippen LogP contribution in [0.5, 0.6) is 0 Å². The van der Waals surface area contributed by atoms with Crippen LogP contribution in [0.2, 0.25) is 0 Å². The minimum Gasteiger partial charge on any atom is -0.0622 e. The smallest absolute Gasteiger partial charge is 0 e. The molecule has 0 heterocycles. The van der Waals surface area contributed by atoms with Crippen molar-refractivity contribution in [3.05, 3.63) is 280 Å². The Morgan fingerprint density at radius 2 is 0.267 bits per heavy atom. The quantitative estimate of drug-likeness (QED) is 0.0595. The summed E-state index contributed by atoms with van der Waals surface area (Å²) in [6.45, 7) is 4.50. The summed E-state index contributed by atoms with van der Waals surface area (Å²) >= 11 is 0. The van der Waals surface area contributed by atoms with Gasteiger partial charge in [0.05, 0.1) is 0 Å². The first kappa shape index (κ1) is 45.7. The first-order chi connectivity index (χ1) is 29.3. The molecule has 0 N–H and O–H groups in total. The van der Waals surface area contributed by atoms with Gasteiger partial charge in [-0.1, -0.05) is 273 Å². The maximum absolute atomic E-state index is 7.50. The molecule has 9 aromatic carbocycles. The van der Waals surface area contributed by atoms with Crippen molar-refractivity contribution in [1.82, 2.24) is 0 Å². The molecule has 294 valence electrons. The first-order valence-corrected chi connectivity index (χ1v) is 23.4. The molecule has 0 aromatic heterocycles. The van der Waals surface area contributed by atoms with Crippen molar-refractivity contribution in [3.8, 4) is 0 Å². The van der Waals surface area contributed by atoms with Crippen LogP contribution in [0.25, 0.3) is 0 Å². The summed E-state index contributed by atoms with van der Waals surface area (Å²) in [7, 11) is -1.34. The van der Waals surface area contributed by atoms with Crippen LogP contribution in [-0.4, -0.2) is 0 Å². The molecule has 9 rings (SSSR count). The Kier molecular flexibility index (Phi) is 19.8. The summed E-state index contributed by atoms with van der Waals surface area (Å²) in [6.07, 6.45) is 0. The molecular weight excluding hydrogens is 871 g/mol. The fourth-order valence-corrected chi connectivity index (χ4v) is 13.5. The normalized spacial score (nSPS) is 10.1. The third kappa shape index (κ3) is 13.3. The molecule has 0 spiro atoms. The molecule has 0 saturated carbocycles. The average molecular weight is 916 g/mol. The topological polar surface area (TPSA) is 19.9 Å². The molecule has 0 saturated heterocycles. The predicted molar refractivity (Wildman–Crippen MR) is 259 cm³/mol. The summed E-state index contributed by atoms with van der Waals surface area (Å²) in [4.78, 5) is 0. The molecule has 0 aliphatic carbocycles. The summed E-state index contributed by atoms with van der Waals surface area (Å²) in [5, 5.41) is 12.6. The van der Waals surface area contributed by atoms with Crippen LogP contribution in [0.4, 0.5) is 0 Å². The molecule has 0 unspecified atom stereocenters. The Bertz CT molecular complexity index is 1920. The van der Waals surface area contributed by atoms with E-state index < -0.39 is 23.8 Å². The van der Waals surface area contributed by atoms with Crippen LogP contribution in [0.1, 0.15) is 0 Å². The predicted octanol–water partition coefficient (Wildman–Crippen LogP) is 10.3. The third-order valence-corrected chi connectivity index (χ3v) is 16.5. The zero-order chi connectivity index (χ0) is 40.7. The first-order valence-electron chi connectivity index (χ1n) is 19.4.